The number of hydrogen-bond donors (Lipinski definition) is 2. The first-order valence-electron chi connectivity index (χ1n) is 9.72. The lowest BCUT2D eigenvalue weighted by atomic mass is 10.2. The smallest absolute Gasteiger partial charge is 0.191 e. The van der Waals surface area contributed by atoms with Crippen LogP contribution >= 0.6 is 35.7 Å². The van der Waals surface area contributed by atoms with Gasteiger partial charge in [-0.1, -0.05) is 43.8 Å². The van der Waals surface area contributed by atoms with Crippen molar-refractivity contribution in [2.75, 3.05) is 33.0 Å². The van der Waals surface area contributed by atoms with Gasteiger partial charge in [0.15, 0.2) is 11.1 Å². The Balaban J connectivity index is 0.00000420. The number of aromatic nitrogens is 3. The van der Waals surface area contributed by atoms with Crippen molar-refractivity contribution in [3.05, 3.63) is 36.2 Å². The van der Waals surface area contributed by atoms with Crippen molar-refractivity contribution in [2.24, 2.45) is 10.9 Å². The fourth-order valence-electron chi connectivity index (χ4n) is 2.73. The van der Waals surface area contributed by atoms with Crippen LogP contribution < -0.4 is 15.4 Å². The molecule has 0 bridgehead atoms. The fourth-order valence-corrected chi connectivity index (χ4v) is 3.26. The third-order valence-corrected chi connectivity index (χ3v) is 4.69. The quantitative estimate of drug-likeness (QED) is 0.152. The molecule has 29 heavy (non-hydrogen) atoms. The minimum atomic E-state index is 0. The van der Waals surface area contributed by atoms with Crippen LogP contribution in [0.4, 0.5) is 0 Å². The van der Waals surface area contributed by atoms with Crippen LogP contribution in [0.1, 0.15) is 26.1 Å². The largest absolute Gasteiger partial charge is 0.492 e. The summed E-state index contributed by atoms with van der Waals surface area (Å²) in [5, 5.41) is 16.3. The van der Waals surface area contributed by atoms with E-state index < -0.39 is 0 Å². The summed E-state index contributed by atoms with van der Waals surface area (Å²) >= 11 is 1.65. The molecular formula is C20H33IN6OS. The maximum absolute atomic E-state index is 5.68. The monoisotopic (exact) mass is 532 g/mol. The Labute approximate surface area is 195 Å². The highest BCUT2D eigenvalue weighted by Gasteiger charge is 2.12. The molecule has 7 nitrogen and oxygen atoms in total. The molecule has 0 radical (unpaired) electrons. The third kappa shape index (κ3) is 9.24. The molecule has 162 valence electrons. The van der Waals surface area contributed by atoms with Gasteiger partial charge in [0.2, 0.25) is 0 Å². The van der Waals surface area contributed by atoms with Gasteiger partial charge < -0.3 is 19.9 Å². The Morgan fingerprint density at radius 1 is 1.17 bits per heavy atom. The van der Waals surface area contributed by atoms with Gasteiger partial charge in [0.1, 0.15) is 18.2 Å². The maximum atomic E-state index is 5.68. The zero-order valence-corrected chi connectivity index (χ0v) is 20.9. The predicted molar refractivity (Wildman–Crippen MR) is 132 cm³/mol. The number of thioether (sulfide) groups is 1. The number of aryl methyl sites for hydroxylation is 1. The number of guanidine groups is 1. The topological polar surface area (TPSA) is 76.4 Å². The van der Waals surface area contributed by atoms with Crippen LogP contribution in [0.2, 0.25) is 0 Å². The first kappa shape index (κ1) is 25.5. The zero-order chi connectivity index (χ0) is 20.2. The van der Waals surface area contributed by atoms with E-state index in [1.807, 2.05) is 36.6 Å². The van der Waals surface area contributed by atoms with Crippen LogP contribution in [-0.4, -0.2) is 53.7 Å². The summed E-state index contributed by atoms with van der Waals surface area (Å²) in [5.74, 6) is 3.28. The molecule has 0 saturated carbocycles. The standard InChI is InChI=1S/C20H32N6OS.HI/c1-16(2)15-26-18(24-25-20(26)28-4)11-8-12-22-19(21-3)23-13-14-27-17-9-6-5-7-10-17;/h5-7,9-10,16H,8,11-15H2,1-4H3,(H2,21,22,23);1H. The van der Waals surface area contributed by atoms with Gasteiger partial charge in [0.05, 0.1) is 6.54 Å². The Morgan fingerprint density at radius 2 is 1.90 bits per heavy atom. The predicted octanol–water partition coefficient (Wildman–Crippen LogP) is 3.45. The molecule has 2 aromatic rings. The van der Waals surface area contributed by atoms with E-state index in [0.717, 1.165) is 48.6 Å². The van der Waals surface area contributed by atoms with Crippen molar-refractivity contribution >= 4 is 41.7 Å². The SMILES string of the molecule is CN=C(NCCCc1nnc(SC)n1CC(C)C)NCCOc1ccccc1.I. The molecule has 0 aliphatic carbocycles. The number of halogens is 1. The van der Waals surface area contributed by atoms with Gasteiger partial charge in [-0.25, -0.2) is 0 Å². The number of benzene rings is 1. The van der Waals surface area contributed by atoms with Crippen LogP contribution in [0, 0.1) is 5.92 Å². The summed E-state index contributed by atoms with van der Waals surface area (Å²) in [6.45, 7) is 7.48. The van der Waals surface area contributed by atoms with Crippen LogP contribution in [0.15, 0.2) is 40.5 Å². The van der Waals surface area contributed by atoms with Gasteiger partial charge >= 0.3 is 0 Å². The molecule has 0 aliphatic rings. The third-order valence-electron chi connectivity index (χ3n) is 4.02. The molecule has 0 spiro atoms. The van der Waals surface area contributed by atoms with Crippen molar-refractivity contribution < 1.29 is 4.74 Å². The van der Waals surface area contributed by atoms with Crippen LogP contribution in [-0.2, 0) is 13.0 Å². The van der Waals surface area contributed by atoms with Gasteiger partial charge in [-0.3, -0.25) is 4.99 Å². The lowest BCUT2D eigenvalue weighted by Gasteiger charge is -2.13. The number of hydrogen-bond acceptors (Lipinski definition) is 5. The zero-order valence-electron chi connectivity index (χ0n) is 17.7. The van der Waals surface area contributed by atoms with Gasteiger partial charge in [-0.15, -0.1) is 34.2 Å². The summed E-state index contributed by atoms with van der Waals surface area (Å²) in [5.41, 5.74) is 0. The first-order chi connectivity index (χ1) is 13.6. The molecule has 0 atom stereocenters. The highest BCUT2D eigenvalue weighted by molar-refractivity contribution is 14.0. The molecule has 2 N–H and O–H groups in total. The van der Waals surface area contributed by atoms with E-state index in [9.17, 15) is 0 Å². The van der Waals surface area contributed by atoms with Crippen molar-refractivity contribution in [1.29, 1.82) is 0 Å². The summed E-state index contributed by atoms with van der Waals surface area (Å²) < 4.78 is 7.92. The van der Waals surface area contributed by atoms with E-state index in [1.165, 1.54) is 0 Å². The Kier molecular flexibility index (Phi) is 12.8. The van der Waals surface area contributed by atoms with E-state index in [2.05, 4.69) is 44.2 Å². The molecule has 0 saturated heterocycles. The lowest BCUT2D eigenvalue weighted by Crippen LogP contribution is -2.39. The summed E-state index contributed by atoms with van der Waals surface area (Å²) in [4.78, 5) is 4.25. The van der Waals surface area contributed by atoms with Crippen LogP contribution in [0.25, 0.3) is 0 Å². The van der Waals surface area contributed by atoms with E-state index in [1.54, 1.807) is 18.8 Å². The number of para-hydroxylation sites is 1. The van der Waals surface area contributed by atoms with Crippen LogP contribution in [0.5, 0.6) is 5.75 Å². The van der Waals surface area contributed by atoms with Crippen molar-refractivity contribution in [1.82, 2.24) is 25.4 Å². The minimum Gasteiger partial charge on any atom is -0.492 e. The Bertz CT molecular complexity index is 723. The van der Waals surface area contributed by atoms with Gasteiger partial charge in [-0.05, 0) is 30.7 Å². The molecule has 0 amide bonds. The Morgan fingerprint density at radius 3 is 2.55 bits per heavy atom. The van der Waals surface area contributed by atoms with Crippen LogP contribution in [0.3, 0.4) is 0 Å². The molecule has 9 heteroatoms. The molecule has 2 rings (SSSR count). The normalized spacial score (nSPS) is 11.3. The molecular weight excluding hydrogens is 499 g/mol. The minimum absolute atomic E-state index is 0. The molecule has 0 fully saturated rings. The van der Waals surface area contributed by atoms with Gasteiger partial charge in [0, 0.05) is 26.6 Å². The molecule has 1 aromatic carbocycles. The van der Waals surface area contributed by atoms with E-state index in [0.29, 0.717) is 19.1 Å². The molecule has 0 aliphatic heterocycles. The second-order valence-corrected chi connectivity index (χ2v) is 7.57. The van der Waals surface area contributed by atoms with E-state index >= 15 is 0 Å². The number of rotatable bonds is 11. The molecule has 1 heterocycles. The number of aliphatic imine (C=N–C) groups is 1. The van der Waals surface area contributed by atoms with Gasteiger partial charge in [-0.2, -0.15) is 0 Å². The summed E-state index contributed by atoms with van der Waals surface area (Å²) in [6, 6.07) is 9.81. The lowest BCUT2D eigenvalue weighted by molar-refractivity contribution is 0.322. The average Bonchev–Trinajstić information content (AvgIpc) is 3.08. The fraction of sp³-hybridized carbons (Fsp3) is 0.550. The van der Waals surface area contributed by atoms with E-state index in [4.69, 9.17) is 4.74 Å². The number of ether oxygens (including phenoxy) is 1. The summed E-state index contributed by atoms with van der Waals surface area (Å²) in [7, 11) is 1.78. The van der Waals surface area contributed by atoms with Gasteiger partial charge in [0.25, 0.3) is 0 Å². The van der Waals surface area contributed by atoms with Crippen molar-refractivity contribution in [3.8, 4) is 5.75 Å². The second kappa shape index (κ2) is 14.5. The molecule has 0 unspecified atom stereocenters. The highest BCUT2D eigenvalue weighted by atomic mass is 127. The Hall–Kier alpha value is -1.49. The number of nitrogens with zero attached hydrogens (tertiary/aromatic N) is 4. The molecule has 1 aromatic heterocycles. The second-order valence-electron chi connectivity index (χ2n) is 6.80. The maximum Gasteiger partial charge on any atom is 0.191 e. The average molecular weight is 532 g/mol. The van der Waals surface area contributed by atoms with Crippen molar-refractivity contribution in [2.45, 2.75) is 38.4 Å². The van der Waals surface area contributed by atoms with E-state index in [-0.39, 0.29) is 24.0 Å². The highest BCUT2D eigenvalue weighted by Crippen LogP contribution is 2.16. The first-order valence-corrected chi connectivity index (χ1v) is 10.9. The summed E-state index contributed by atoms with van der Waals surface area (Å²) in [6.07, 6.45) is 3.90. The van der Waals surface area contributed by atoms with Crippen molar-refractivity contribution in [3.63, 3.8) is 0 Å². The number of nitrogens with one attached hydrogen (secondary N) is 2.